The first kappa shape index (κ1) is 24.6. The number of benzene rings is 2. The third-order valence-corrected chi connectivity index (χ3v) is 6.60. The number of rotatable bonds is 9. The summed E-state index contributed by atoms with van der Waals surface area (Å²) < 4.78 is 55.1. The van der Waals surface area contributed by atoms with Gasteiger partial charge in [-0.05, 0) is 35.9 Å². The first-order valence-corrected chi connectivity index (χ1v) is 11.7. The molecule has 0 radical (unpaired) electrons. The minimum Gasteiger partial charge on any atom is -0.496 e. The number of sulfonamides is 1. The topological polar surface area (TPSA) is 113 Å². The van der Waals surface area contributed by atoms with Gasteiger partial charge in [-0.25, -0.2) is 13.1 Å². The summed E-state index contributed by atoms with van der Waals surface area (Å²) in [4.78, 5) is 14.5. The van der Waals surface area contributed by atoms with E-state index in [1.165, 1.54) is 46.6 Å². The molecule has 10 nitrogen and oxygen atoms in total. The van der Waals surface area contributed by atoms with Crippen molar-refractivity contribution >= 4 is 15.9 Å². The lowest BCUT2D eigenvalue weighted by Crippen LogP contribution is -2.40. The lowest BCUT2D eigenvalue weighted by Gasteiger charge is -2.27. The monoisotopic (exact) mass is 480 g/mol. The van der Waals surface area contributed by atoms with Crippen LogP contribution in [0, 0.1) is 0 Å². The molecule has 0 bridgehead atoms. The SMILES string of the molecule is COc1ccc(S(=O)(=O)NCc2cc(OC)c(OC)c(OC)c2)cc1C(=O)N1CCOCC1. The zero-order chi connectivity index (χ0) is 24.0. The van der Waals surface area contributed by atoms with E-state index >= 15 is 0 Å². The molecule has 0 aromatic heterocycles. The van der Waals surface area contributed by atoms with Crippen LogP contribution in [0.5, 0.6) is 23.0 Å². The molecule has 1 heterocycles. The van der Waals surface area contributed by atoms with Gasteiger partial charge in [0.05, 0.1) is 52.1 Å². The normalized spacial score (nSPS) is 14.0. The van der Waals surface area contributed by atoms with E-state index in [1.807, 2.05) is 0 Å². The van der Waals surface area contributed by atoms with E-state index in [2.05, 4.69) is 4.72 Å². The van der Waals surface area contributed by atoms with Crippen LogP contribution in [0.1, 0.15) is 15.9 Å². The highest BCUT2D eigenvalue weighted by Crippen LogP contribution is 2.38. The highest BCUT2D eigenvalue weighted by atomic mass is 32.2. The number of hydrogen-bond acceptors (Lipinski definition) is 8. The third kappa shape index (κ3) is 5.49. The molecule has 3 rings (SSSR count). The Kier molecular flexibility index (Phi) is 8.01. The number of hydrogen-bond donors (Lipinski definition) is 1. The van der Waals surface area contributed by atoms with E-state index in [9.17, 15) is 13.2 Å². The van der Waals surface area contributed by atoms with Crippen molar-refractivity contribution in [2.45, 2.75) is 11.4 Å². The number of morpholine rings is 1. The van der Waals surface area contributed by atoms with Gasteiger partial charge in [-0.2, -0.15) is 0 Å². The van der Waals surface area contributed by atoms with Gasteiger partial charge in [0.1, 0.15) is 5.75 Å². The molecule has 1 amide bonds. The smallest absolute Gasteiger partial charge is 0.257 e. The Morgan fingerprint density at radius 1 is 0.939 bits per heavy atom. The van der Waals surface area contributed by atoms with Crippen LogP contribution in [0.3, 0.4) is 0 Å². The molecule has 1 N–H and O–H groups in total. The molecular weight excluding hydrogens is 452 g/mol. The van der Waals surface area contributed by atoms with E-state index in [0.717, 1.165) is 0 Å². The maximum absolute atomic E-state index is 13.0. The first-order chi connectivity index (χ1) is 15.8. The van der Waals surface area contributed by atoms with E-state index < -0.39 is 10.0 Å². The van der Waals surface area contributed by atoms with Crippen LogP contribution in [0.25, 0.3) is 0 Å². The van der Waals surface area contributed by atoms with Crippen LogP contribution in [-0.2, 0) is 21.3 Å². The second kappa shape index (κ2) is 10.7. The quantitative estimate of drug-likeness (QED) is 0.577. The lowest BCUT2D eigenvalue weighted by atomic mass is 10.1. The molecule has 2 aromatic rings. The highest BCUT2D eigenvalue weighted by Gasteiger charge is 2.25. The van der Waals surface area contributed by atoms with Crippen LogP contribution >= 0.6 is 0 Å². The lowest BCUT2D eigenvalue weighted by molar-refractivity contribution is 0.0300. The van der Waals surface area contributed by atoms with Gasteiger partial charge < -0.3 is 28.6 Å². The maximum Gasteiger partial charge on any atom is 0.257 e. The van der Waals surface area contributed by atoms with Gasteiger partial charge in [0.25, 0.3) is 5.91 Å². The number of ether oxygens (including phenoxy) is 5. The van der Waals surface area contributed by atoms with Gasteiger partial charge in [-0.3, -0.25) is 4.79 Å². The molecule has 0 aliphatic carbocycles. The number of carbonyl (C=O) groups excluding carboxylic acids is 1. The van der Waals surface area contributed by atoms with Crippen LogP contribution in [0.2, 0.25) is 0 Å². The summed E-state index contributed by atoms with van der Waals surface area (Å²) in [5, 5.41) is 0. The highest BCUT2D eigenvalue weighted by molar-refractivity contribution is 7.89. The van der Waals surface area contributed by atoms with Crippen molar-refractivity contribution in [3.05, 3.63) is 41.5 Å². The molecule has 0 saturated carbocycles. The van der Waals surface area contributed by atoms with Gasteiger partial charge >= 0.3 is 0 Å². The number of nitrogens with zero attached hydrogens (tertiary/aromatic N) is 1. The molecule has 1 aliphatic rings. The van der Waals surface area contributed by atoms with Gasteiger partial charge in [-0.1, -0.05) is 0 Å². The summed E-state index contributed by atoms with van der Waals surface area (Å²) >= 11 is 0. The van der Waals surface area contributed by atoms with Gasteiger partial charge in [-0.15, -0.1) is 0 Å². The second-order valence-corrected chi connectivity index (χ2v) is 8.89. The van der Waals surface area contributed by atoms with Crippen LogP contribution in [0.4, 0.5) is 0 Å². The van der Waals surface area contributed by atoms with E-state index in [0.29, 0.717) is 54.9 Å². The molecule has 1 saturated heterocycles. The molecule has 2 aromatic carbocycles. The maximum atomic E-state index is 13.0. The minimum atomic E-state index is -3.94. The van der Waals surface area contributed by atoms with E-state index in [1.54, 1.807) is 17.0 Å². The third-order valence-electron chi connectivity index (χ3n) is 5.20. The predicted octanol–water partition coefficient (Wildman–Crippen LogP) is 1.67. The van der Waals surface area contributed by atoms with Crippen molar-refractivity contribution in [2.24, 2.45) is 0 Å². The van der Waals surface area contributed by atoms with Crippen molar-refractivity contribution < 1.29 is 36.9 Å². The fourth-order valence-corrected chi connectivity index (χ4v) is 4.50. The van der Waals surface area contributed by atoms with Crippen molar-refractivity contribution in [1.29, 1.82) is 0 Å². The summed E-state index contributed by atoms with van der Waals surface area (Å²) in [6.07, 6.45) is 0. The molecule has 1 aliphatic heterocycles. The summed E-state index contributed by atoms with van der Waals surface area (Å²) in [6, 6.07) is 7.51. The molecule has 0 atom stereocenters. The number of nitrogens with one attached hydrogen (secondary N) is 1. The number of methoxy groups -OCH3 is 4. The summed E-state index contributed by atoms with van der Waals surface area (Å²) in [5.41, 5.74) is 0.779. The largest absolute Gasteiger partial charge is 0.496 e. The molecule has 180 valence electrons. The fraction of sp³-hybridized carbons (Fsp3) is 0.409. The van der Waals surface area contributed by atoms with Crippen LogP contribution in [0.15, 0.2) is 35.2 Å². The average Bonchev–Trinajstić information content (AvgIpc) is 2.86. The Hall–Kier alpha value is -3.02. The second-order valence-electron chi connectivity index (χ2n) is 7.12. The van der Waals surface area contributed by atoms with Crippen LogP contribution < -0.4 is 23.7 Å². The Balaban J connectivity index is 1.85. The van der Waals surface area contributed by atoms with Gasteiger partial charge in [0.15, 0.2) is 11.5 Å². The van der Waals surface area contributed by atoms with E-state index in [4.69, 9.17) is 23.7 Å². The summed E-state index contributed by atoms with van der Waals surface area (Å²) in [5.74, 6) is 1.22. The van der Waals surface area contributed by atoms with Crippen molar-refractivity contribution in [2.75, 3.05) is 54.7 Å². The molecule has 33 heavy (non-hydrogen) atoms. The number of carbonyl (C=O) groups is 1. The van der Waals surface area contributed by atoms with E-state index in [-0.39, 0.29) is 22.9 Å². The van der Waals surface area contributed by atoms with Crippen molar-refractivity contribution in [1.82, 2.24) is 9.62 Å². The van der Waals surface area contributed by atoms with Crippen molar-refractivity contribution in [3.8, 4) is 23.0 Å². The first-order valence-electron chi connectivity index (χ1n) is 10.2. The summed E-state index contributed by atoms with van der Waals surface area (Å²) in [7, 11) is 1.95. The average molecular weight is 481 g/mol. The Labute approximate surface area is 193 Å². The van der Waals surface area contributed by atoms with Crippen LogP contribution in [-0.4, -0.2) is 74.0 Å². The van der Waals surface area contributed by atoms with Gasteiger partial charge in [0.2, 0.25) is 15.8 Å². The zero-order valence-corrected chi connectivity index (χ0v) is 19.9. The zero-order valence-electron chi connectivity index (χ0n) is 19.0. The minimum absolute atomic E-state index is 0.0299. The standard InChI is InChI=1S/C22H28N2O8S/c1-28-18-6-5-16(13-17(18)22(25)24-7-9-32-10-8-24)33(26,27)23-14-15-11-19(29-2)21(31-4)20(12-15)30-3/h5-6,11-13,23H,7-10,14H2,1-4H3. The molecule has 0 unspecified atom stereocenters. The Bertz CT molecular complexity index is 1070. The number of amides is 1. The molecule has 0 spiro atoms. The molecule has 11 heteroatoms. The molecule has 1 fully saturated rings. The molecular formula is C22H28N2O8S. The fourth-order valence-electron chi connectivity index (χ4n) is 3.46. The Morgan fingerprint density at radius 2 is 1.55 bits per heavy atom. The van der Waals surface area contributed by atoms with Crippen molar-refractivity contribution in [3.63, 3.8) is 0 Å². The van der Waals surface area contributed by atoms with Gasteiger partial charge in [0, 0.05) is 19.6 Å². The Morgan fingerprint density at radius 3 is 2.09 bits per heavy atom. The predicted molar refractivity (Wildman–Crippen MR) is 120 cm³/mol. The summed E-state index contributed by atoms with van der Waals surface area (Å²) in [6.45, 7) is 1.69.